The Morgan fingerprint density at radius 3 is 2.41 bits per heavy atom. The highest BCUT2D eigenvalue weighted by molar-refractivity contribution is 7.89. The molecule has 1 aliphatic heterocycles. The van der Waals surface area contributed by atoms with Gasteiger partial charge in [0.25, 0.3) is 0 Å². The van der Waals surface area contributed by atoms with Gasteiger partial charge in [-0.3, -0.25) is 0 Å². The summed E-state index contributed by atoms with van der Waals surface area (Å²) in [4.78, 5) is 12.1. The number of carbonyl (C=O) groups is 1. The summed E-state index contributed by atoms with van der Waals surface area (Å²) < 4.78 is 36.9. The maximum absolute atomic E-state index is 12.6. The minimum absolute atomic E-state index is 0.209. The molecular formula is C19H18ClNO5S. The van der Waals surface area contributed by atoms with Gasteiger partial charge in [0, 0.05) is 19.2 Å². The number of hydrogen-bond donors (Lipinski definition) is 0. The largest absolute Gasteiger partial charge is 0.422 e. The zero-order chi connectivity index (χ0) is 19.3. The van der Waals surface area contributed by atoms with Gasteiger partial charge in [-0.15, -0.1) is 0 Å². The van der Waals surface area contributed by atoms with Crippen molar-refractivity contribution in [2.75, 3.05) is 26.3 Å². The van der Waals surface area contributed by atoms with Crippen molar-refractivity contribution in [3.05, 3.63) is 65.2 Å². The second-order valence-electron chi connectivity index (χ2n) is 5.77. The van der Waals surface area contributed by atoms with Crippen LogP contribution in [0.1, 0.15) is 5.56 Å². The Hall–Kier alpha value is -2.19. The van der Waals surface area contributed by atoms with Gasteiger partial charge in [0.15, 0.2) is 0 Å². The molecular weight excluding hydrogens is 390 g/mol. The first-order valence-electron chi connectivity index (χ1n) is 8.29. The second kappa shape index (κ2) is 8.67. The first-order valence-corrected chi connectivity index (χ1v) is 10.1. The van der Waals surface area contributed by atoms with Gasteiger partial charge in [-0.05, 0) is 35.9 Å². The van der Waals surface area contributed by atoms with Crippen LogP contribution in [0.5, 0.6) is 5.75 Å². The molecule has 8 heteroatoms. The van der Waals surface area contributed by atoms with E-state index in [0.29, 0.717) is 36.9 Å². The molecule has 27 heavy (non-hydrogen) atoms. The summed E-state index contributed by atoms with van der Waals surface area (Å²) in [6.07, 6.45) is 2.80. The van der Waals surface area contributed by atoms with Crippen LogP contribution < -0.4 is 4.74 Å². The molecule has 1 aliphatic rings. The molecule has 3 rings (SSSR count). The summed E-state index contributed by atoms with van der Waals surface area (Å²) in [6, 6.07) is 13.0. The fourth-order valence-corrected chi connectivity index (χ4v) is 4.10. The zero-order valence-electron chi connectivity index (χ0n) is 14.4. The Bertz CT molecular complexity index is 935. The van der Waals surface area contributed by atoms with Gasteiger partial charge in [0.2, 0.25) is 10.0 Å². The Morgan fingerprint density at radius 2 is 1.74 bits per heavy atom. The van der Waals surface area contributed by atoms with E-state index in [9.17, 15) is 13.2 Å². The van der Waals surface area contributed by atoms with E-state index >= 15 is 0 Å². The third-order valence-electron chi connectivity index (χ3n) is 3.95. The standard InChI is InChI=1S/C19H18ClNO5S/c20-17-3-1-2-4-18(17)26-19(22)10-7-15-5-8-16(9-6-15)27(23,24)21-11-13-25-14-12-21/h1-10H,11-14H2/b10-7+. The van der Waals surface area contributed by atoms with Crippen molar-refractivity contribution < 1.29 is 22.7 Å². The van der Waals surface area contributed by atoms with Gasteiger partial charge in [0.1, 0.15) is 5.75 Å². The van der Waals surface area contributed by atoms with E-state index < -0.39 is 16.0 Å². The van der Waals surface area contributed by atoms with Gasteiger partial charge in [-0.2, -0.15) is 4.31 Å². The summed E-state index contributed by atoms with van der Waals surface area (Å²) in [7, 11) is -3.53. The van der Waals surface area contributed by atoms with Gasteiger partial charge < -0.3 is 9.47 Å². The minimum atomic E-state index is -3.53. The van der Waals surface area contributed by atoms with Crippen molar-refractivity contribution in [2.45, 2.75) is 4.90 Å². The number of halogens is 1. The summed E-state index contributed by atoms with van der Waals surface area (Å²) in [5.41, 5.74) is 0.673. The van der Waals surface area contributed by atoms with E-state index in [-0.39, 0.29) is 10.6 Å². The lowest BCUT2D eigenvalue weighted by Gasteiger charge is -2.26. The number of morpholine rings is 1. The first kappa shape index (κ1) is 19.6. The Morgan fingerprint density at radius 1 is 1.07 bits per heavy atom. The van der Waals surface area contributed by atoms with E-state index in [2.05, 4.69) is 0 Å². The highest BCUT2D eigenvalue weighted by Gasteiger charge is 2.25. The van der Waals surface area contributed by atoms with Gasteiger partial charge in [-0.25, -0.2) is 13.2 Å². The maximum atomic E-state index is 12.6. The van der Waals surface area contributed by atoms with Crippen molar-refractivity contribution in [2.24, 2.45) is 0 Å². The summed E-state index contributed by atoms with van der Waals surface area (Å²) in [6.45, 7) is 1.48. The molecule has 0 unspecified atom stereocenters. The van der Waals surface area contributed by atoms with E-state index in [0.717, 1.165) is 0 Å². The zero-order valence-corrected chi connectivity index (χ0v) is 15.9. The lowest BCUT2D eigenvalue weighted by Crippen LogP contribution is -2.40. The van der Waals surface area contributed by atoms with Crippen LogP contribution in [0.4, 0.5) is 0 Å². The van der Waals surface area contributed by atoms with E-state index in [4.69, 9.17) is 21.1 Å². The van der Waals surface area contributed by atoms with Crippen LogP contribution in [0, 0.1) is 0 Å². The molecule has 1 fully saturated rings. The molecule has 0 radical (unpaired) electrons. The average Bonchev–Trinajstić information content (AvgIpc) is 2.69. The lowest BCUT2D eigenvalue weighted by molar-refractivity contribution is -0.128. The average molecular weight is 408 g/mol. The fraction of sp³-hybridized carbons (Fsp3) is 0.211. The SMILES string of the molecule is O=C(/C=C/c1ccc(S(=O)(=O)N2CCOCC2)cc1)Oc1ccccc1Cl. The van der Waals surface area contributed by atoms with Crippen LogP contribution in [0.2, 0.25) is 5.02 Å². The van der Waals surface area contributed by atoms with Gasteiger partial charge in [-0.1, -0.05) is 35.9 Å². The molecule has 0 bridgehead atoms. The number of sulfonamides is 1. The molecule has 0 atom stereocenters. The lowest BCUT2D eigenvalue weighted by atomic mass is 10.2. The van der Waals surface area contributed by atoms with E-state index in [1.807, 2.05) is 0 Å². The molecule has 6 nitrogen and oxygen atoms in total. The molecule has 0 amide bonds. The molecule has 0 N–H and O–H groups in total. The summed E-state index contributed by atoms with van der Waals surface area (Å²) in [5.74, 6) is -0.297. The number of rotatable bonds is 5. The Labute approximate surface area is 163 Å². The summed E-state index contributed by atoms with van der Waals surface area (Å²) >= 11 is 5.94. The minimum Gasteiger partial charge on any atom is -0.422 e. The van der Waals surface area contributed by atoms with Gasteiger partial charge in [0.05, 0.1) is 23.1 Å². The normalized spacial score (nSPS) is 15.7. The van der Waals surface area contributed by atoms with Crippen LogP contribution in [-0.4, -0.2) is 45.0 Å². The Balaban J connectivity index is 1.65. The van der Waals surface area contributed by atoms with Crippen molar-refractivity contribution in [1.82, 2.24) is 4.31 Å². The quantitative estimate of drug-likeness (QED) is 0.433. The number of nitrogens with zero attached hydrogens (tertiary/aromatic N) is 1. The predicted molar refractivity (Wildman–Crippen MR) is 102 cm³/mol. The monoisotopic (exact) mass is 407 g/mol. The number of esters is 1. The van der Waals surface area contributed by atoms with Crippen molar-refractivity contribution in [1.29, 1.82) is 0 Å². The number of para-hydroxylation sites is 1. The molecule has 1 saturated heterocycles. The number of hydrogen-bond acceptors (Lipinski definition) is 5. The number of benzene rings is 2. The molecule has 1 heterocycles. The van der Waals surface area contributed by atoms with Crippen molar-refractivity contribution >= 4 is 33.7 Å². The molecule has 0 aliphatic carbocycles. The smallest absolute Gasteiger partial charge is 0.336 e. The molecule has 2 aromatic carbocycles. The van der Waals surface area contributed by atoms with Crippen LogP contribution in [0.25, 0.3) is 6.08 Å². The van der Waals surface area contributed by atoms with Crippen LogP contribution >= 0.6 is 11.6 Å². The van der Waals surface area contributed by atoms with Crippen molar-refractivity contribution in [3.8, 4) is 5.75 Å². The molecule has 0 aromatic heterocycles. The van der Waals surface area contributed by atoms with Crippen LogP contribution in [0.15, 0.2) is 59.5 Å². The summed E-state index contributed by atoms with van der Waals surface area (Å²) in [5, 5.41) is 0.344. The topological polar surface area (TPSA) is 72.9 Å². The predicted octanol–water partition coefficient (Wildman–Crippen LogP) is 2.98. The molecule has 0 spiro atoms. The highest BCUT2D eigenvalue weighted by Crippen LogP contribution is 2.23. The third-order valence-corrected chi connectivity index (χ3v) is 6.17. The molecule has 2 aromatic rings. The van der Waals surface area contributed by atoms with Gasteiger partial charge >= 0.3 is 5.97 Å². The molecule has 142 valence electrons. The first-order chi connectivity index (χ1) is 13.0. The Kier molecular flexibility index (Phi) is 6.28. The van der Waals surface area contributed by atoms with E-state index in [1.165, 1.54) is 22.5 Å². The molecule has 0 saturated carbocycles. The highest BCUT2D eigenvalue weighted by atomic mass is 35.5. The van der Waals surface area contributed by atoms with Crippen molar-refractivity contribution in [3.63, 3.8) is 0 Å². The second-order valence-corrected chi connectivity index (χ2v) is 8.12. The third kappa shape index (κ3) is 4.95. The number of ether oxygens (including phenoxy) is 2. The maximum Gasteiger partial charge on any atom is 0.336 e. The fourth-order valence-electron chi connectivity index (χ4n) is 2.52. The number of carbonyl (C=O) groups excluding carboxylic acids is 1. The van der Waals surface area contributed by atoms with Crippen LogP contribution in [-0.2, 0) is 19.6 Å². The van der Waals surface area contributed by atoms with E-state index in [1.54, 1.807) is 42.5 Å². The van der Waals surface area contributed by atoms with Crippen LogP contribution in [0.3, 0.4) is 0 Å².